The number of nitro benzene ring substituents is 1. The molecule has 0 bridgehead atoms. The Balaban J connectivity index is 3.04. The van der Waals surface area contributed by atoms with Crippen LogP contribution < -0.4 is 4.74 Å². The van der Waals surface area contributed by atoms with Crippen LogP contribution in [-0.2, 0) is 0 Å². The maximum atomic E-state index is 10.7. The van der Waals surface area contributed by atoms with Crippen LogP contribution in [-0.4, -0.2) is 33.8 Å². The Morgan fingerprint density at radius 1 is 1.59 bits per heavy atom. The number of carboxylic acids is 1. The lowest BCUT2D eigenvalue weighted by Crippen LogP contribution is -2.13. The van der Waals surface area contributed by atoms with Crippen LogP contribution >= 0.6 is 0 Å². The number of ether oxygens (including phenoxy) is 1. The fraction of sp³-hybridized carbons (Fsp3) is 0.300. The smallest absolute Gasteiger partial charge is 0.335 e. The van der Waals surface area contributed by atoms with Gasteiger partial charge in [0, 0.05) is 6.07 Å². The summed E-state index contributed by atoms with van der Waals surface area (Å²) in [6.07, 6.45) is -0.770. The summed E-state index contributed by atoms with van der Waals surface area (Å²) in [7, 11) is 0. The van der Waals surface area contributed by atoms with E-state index in [4.69, 9.17) is 14.9 Å². The second-order valence-corrected chi connectivity index (χ2v) is 3.40. The van der Waals surface area contributed by atoms with E-state index < -0.39 is 22.7 Å². The van der Waals surface area contributed by atoms with Crippen LogP contribution in [0.15, 0.2) is 18.2 Å². The van der Waals surface area contributed by atoms with E-state index in [1.165, 1.54) is 19.1 Å². The maximum absolute atomic E-state index is 10.7. The molecule has 0 spiro atoms. The van der Waals surface area contributed by atoms with Crippen LogP contribution in [0.1, 0.15) is 17.3 Å². The number of carboxylic acid groups (broad SMARTS) is 1. The average molecular weight is 241 g/mol. The molecule has 7 heteroatoms. The molecule has 7 nitrogen and oxygen atoms in total. The van der Waals surface area contributed by atoms with Gasteiger partial charge in [-0.05, 0) is 19.1 Å². The van der Waals surface area contributed by atoms with Crippen molar-refractivity contribution in [3.63, 3.8) is 0 Å². The van der Waals surface area contributed by atoms with Crippen LogP contribution in [0.2, 0.25) is 0 Å². The van der Waals surface area contributed by atoms with Crippen molar-refractivity contribution < 1.29 is 24.7 Å². The van der Waals surface area contributed by atoms with E-state index in [1.807, 2.05) is 0 Å². The summed E-state index contributed by atoms with van der Waals surface area (Å²) in [5, 5.41) is 28.4. The fourth-order valence-electron chi connectivity index (χ4n) is 1.13. The minimum absolute atomic E-state index is 0.0686. The van der Waals surface area contributed by atoms with Crippen molar-refractivity contribution >= 4 is 11.7 Å². The van der Waals surface area contributed by atoms with Crippen LogP contribution in [0.5, 0.6) is 5.75 Å². The number of hydrogen-bond acceptors (Lipinski definition) is 5. The molecule has 1 atom stereocenters. The van der Waals surface area contributed by atoms with E-state index in [1.54, 1.807) is 0 Å². The van der Waals surface area contributed by atoms with Gasteiger partial charge >= 0.3 is 11.7 Å². The van der Waals surface area contributed by atoms with E-state index in [0.29, 0.717) is 0 Å². The van der Waals surface area contributed by atoms with Gasteiger partial charge in [0.15, 0.2) is 5.75 Å². The minimum Gasteiger partial charge on any atom is -0.484 e. The van der Waals surface area contributed by atoms with Gasteiger partial charge in [-0.3, -0.25) is 10.1 Å². The molecule has 1 aromatic carbocycles. The molecule has 0 heterocycles. The van der Waals surface area contributed by atoms with Crippen molar-refractivity contribution in [3.8, 4) is 5.75 Å². The first kappa shape index (κ1) is 12.9. The Morgan fingerprint density at radius 2 is 2.24 bits per heavy atom. The van der Waals surface area contributed by atoms with Gasteiger partial charge in [-0.2, -0.15) is 0 Å². The molecule has 1 rings (SSSR count). The molecule has 0 saturated carbocycles. The lowest BCUT2D eigenvalue weighted by Gasteiger charge is -2.08. The molecule has 0 radical (unpaired) electrons. The second-order valence-electron chi connectivity index (χ2n) is 3.40. The largest absolute Gasteiger partial charge is 0.484 e. The summed E-state index contributed by atoms with van der Waals surface area (Å²) >= 11 is 0. The predicted molar refractivity (Wildman–Crippen MR) is 57.2 cm³/mol. The minimum atomic E-state index is -1.25. The van der Waals surface area contributed by atoms with Gasteiger partial charge in [-0.1, -0.05) is 0 Å². The molecule has 0 aliphatic carbocycles. The molecule has 0 aliphatic heterocycles. The molecule has 92 valence electrons. The number of aliphatic hydroxyl groups excluding tert-OH is 1. The van der Waals surface area contributed by atoms with Crippen molar-refractivity contribution in [2.45, 2.75) is 13.0 Å². The van der Waals surface area contributed by atoms with Gasteiger partial charge in [0.2, 0.25) is 0 Å². The van der Waals surface area contributed by atoms with E-state index in [9.17, 15) is 14.9 Å². The highest BCUT2D eigenvalue weighted by molar-refractivity contribution is 5.88. The molecule has 0 aromatic heterocycles. The third-order valence-electron chi connectivity index (χ3n) is 1.88. The first-order valence-corrected chi connectivity index (χ1v) is 4.74. The van der Waals surface area contributed by atoms with Gasteiger partial charge < -0.3 is 14.9 Å². The molecule has 0 amide bonds. The van der Waals surface area contributed by atoms with Crippen LogP contribution in [0.25, 0.3) is 0 Å². The number of nitrogens with zero attached hydrogens (tertiary/aromatic N) is 1. The molecule has 0 fully saturated rings. The number of aromatic carboxylic acids is 1. The van der Waals surface area contributed by atoms with Gasteiger partial charge in [0.05, 0.1) is 16.6 Å². The van der Waals surface area contributed by atoms with Crippen molar-refractivity contribution in [3.05, 3.63) is 33.9 Å². The quantitative estimate of drug-likeness (QED) is 0.589. The first-order chi connectivity index (χ1) is 7.91. The van der Waals surface area contributed by atoms with Crippen molar-refractivity contribution in [1.29, 1.82) is 0 Å². The molecule has 2 N–H and O–H groups in total. The molecule has 17 heavy (non-hydrogen) atoms. The number of aliphatic hydroxyl groups is 1. The van der Waals surface area contributed by atoms with Gasteiger partial charge in [0.25, 0.3) is 0 Å². The highest BCUT2D eigenvalue weighted by Crippen LogP contribution is 2.28. The van der Waals surface area contributed by atoms with Crippen LogP contribution in [0.4, 0.5) is 5.69 Å². The predicted octanol–water partition coefficient (Wildman–Crippen LogP) is 1.05. The molecule has 1 aromatic rings. The third-order valence-corrected chi connectivity index (χ3v) is 1.88. The molecule has 0 saturated heterocycles. The summed E-state index contributed by atoms with van der Waals surface area (Å²) in [5.74, 6) is -1.32. The number of rotatable bonds is 5. The molecule has 1 unspecified atom stereocenters. The Hall–Kier alpha value is -2.15. The Bertz CT molecular complexity index is 442. The monoisotopic (exact) mass is 241 g/mol. The van der Waals surface area contributed by atoms with Gasteiger partial charge in [0.1, 0.15) is 6.61 Å². The highest BCUT2D eigenvalue weighted by atomic mass is 16.6. The number of hydrogen-bond donors (Lipinski definition) is 2. The molecular formula is C10H11NO6. The Kier molecular flexibility index (Phi) is 4.00. The SMILES string of the molecule is CC(O)COc1ccc(C(=O)O)cc1[N+](=O)[O-]. The van der Waals surface area contributed by atoms with Crippen LogP contribution in [0.3, 0.4) is 0 Å². The number of benzene rings is 1. The Labute approximate surface area is 96.4 Å². The topological polar surface area (TPSA) is 110 Å². The van der Waals surface area contributed by atoms with E-state index in [2.05, 4.69) is 0 Å². The summed E-state index contributed by atoms with van der Waals surface area (Å²) in [6, 6.07) is 3.32. The third kappa shape index (κ3) is 3.42. The standard InChI is InChI=1S/C10H11NO6/c1-6(12)5-17-9-3-2-7(10(13)14)4-8(9)11(15)16/h2-4,6,12H,5H2,1H3,(H,13,14). The maximum Gasteiger partial charge on any atom is 0.335 e. The zero-order valence-corrected chi connectivity index (χ0v) is 8.99. The Morgan fingerprint density at radius 3 is 2.71 bits per heavy atom. The van der Waals surface area contributed by atoms with E-state index in [-0.39, 0.29) is 17.9 Å². The van der Waals surface area contributed by atoms with Gasteiger partial charge in [-0.15, -0.1) is 0 Å². The lowest BCUT2D eigenvalue weighted by molar-refractivity contribution is -0.385. The van der Waals surface area contributed by atoms with Crippen molar-refractivity contribution in [2.75, 3.05) is 6.61 Å². The van der Waals surface area contributed by atoms with Crippen molar-refractivity contribution in [1.82, 2.24) is 0 Å². The normalized spacial score (nSPS) is 11.9. The molecule has 0 aliphatic rings. The number of carbonyl (C=O) groups is 1. The van der Waals surface area contributed by atoms with Gasteiger partial charge in [-0.25, -0.2) is 4.79 Å². The summed E-state index contributed by atoms with van der Waals surface area (Å²) < 4.78 is 5.01. The second kappa shape index (κ2) is 5.26. The summed E-state index contributed by atoms with van der Waals surface area (Å²) in [4.78, 5) is 20.6. The zero-order chi connectivity index (χ0) is 13.0. The highest BCUT2D eigenvalue weighted by Gasteiger charge is 2.18. The summed E-state index contributed by atoms with van der Waals surface area (Å²) in [5.41, 5.74) is -0.633. The molecular weight excluding hydrogens is 230 g/mol. The fourth-order valence-corrected chi connectivity index (χ4v) is 1.13. The van der Waals surface area contributed by atoms with Crippen molar-refractivity contribution in [2.24, 2.45) is 0 Å². The lowest BCUT2D eigenvalue weighted by atomic mass is 10.2. The summed E-state index contributed by atoms with van der Waals surface area (Å²) in [6.45, 7) is 1.37. The number of nitro groups is 1. The van der Waals surface area contributed by atoms with Crippen LogP contribution in [0, 0.1) is 10.1 Å². The average Bonchev–Trinajstić information content (AvgIpc) is 2.25. The van der Waals surface area contributed by atoms with E-state index >= 15 is 0 Å². The van der Waals surface area contributed by atoms with E-state index in [0.717, 1.165) is 6.07 Å². The zero-order valence-electron chi connectivity index (χ0n) is 8.99. The first-order valence-electron chi connectivity index (χ1n) is 4.74.